The molecule has 0 spiro atoms. The van der Waals surface area contributed by atoms with E-state index in [0.717, 1.165) is 36.6 Å². The minimum absolute atomic E-state index is 0.385. The molecule has 0 aliphatic rings. The summed E-state index contributed by atoms with van der Waals surface area (Å²) >= 11 is 6.12. The zero-order valence-corrected chi connectivity index (χ0v) is 12.7. The van der Waals surface area contributed by atoms with Crippen LogP contribution < -0.4 is 10.1 Å². The number of ether oxygens (including phenoxy) is 1. The lowest BCUT2D eigenvalue weighted by molar-refractivity contribution is 0.265. The second-order valence-corrected chi connectivity index (χ2v) is 5.17. The van der Waals surface area contributed by atoms with E-state index in [1.807, 2.05) is 37.3 Å². The van der Waals surface area contributed by atoms with Gasteiger partial charge in [0.2, 0.25) is 0 Å². The lowest BCUT2D eigenvalue weighted by atomic mass is 10.2. The molecule has 0 fully saturated rings. The second-order valence-electron chi connectivity index (χ2n) is 4.77. The van der Waals surface area contributed by atoms with E-state index >= 15 is 0 Å². The van der Waals surface area contributed by atoms with Crippen LogP contribution in [0.5, 0.6) is 5.75 Å². The minimum atomic E-state index is 0.385. The lowest BCUT2D eigenvalue weighted by Gasteiger charge is -2.07. The summed E-state index contributed by atoms with van der Waals surface area (Å²) < 4.78 is 11.4. The van der Waals surface area contributed by atoms with Gasteiger partial charge in [0.05, 0.1) is 11.6 Å². The molecule has 0 saturated heterocycles. The van der Waals surface area contributed by atoms with Crippen LogP contribution in [-0.2, 0) is 13.2 Å². The van der Waals surface area contributed by atoms with Gasteiger partial charge in [0.1, 0.15) is 23.9 Å². The van der Waals surface area contributed by atoms with Crippen molar-refractivity contribution in [3.63, 3.8) is 0 Å². The molecule has 1 N–H and O–H groups in total. The predicted molar refractivity (Wildman–Crippen MR) is 81.2 cm³/mol. The summed E-state index contributed by atoms with van der Waals surface area (Å²) in [6.45, 7) is 6.26. The maximum absolute atomic E-state index is 6.12. The van der Waals surface area contributed by atoms with Crippen LogP contribution >= 0.6 is 11.6 Å². The molecule has 0 bridgehead atoms. The summed E-state index contributed by atoms with van der Waals surface area (Å²) in [5.74, 6) is 2.40. The van der Waals surface area contributed by atoms with E-state index < -0.39 is 0 Å². The highest BCUT2D eigenvalue weighted by molar-refractivity contribution is 6.32. The maximum Gasteiger partial charge on any atom is 0.146 e. The van der Waals surface area contributed by atoms with Gasteiger partial charge in [-0.3, -0.25) is 0 Å². The fourth-order valence-corrected chi connectivity index (χ4v) is 2.14. The average molecular weight is 294 g/mol. The van der Waals surface area contributed by atoms with Gasteiger partial charge in [0, 0.05) is 0 Å². The Kier molecular flexibility index (Phi) is 5.50. The molecule has 0 saturated carbocycles. The van der Waals surface area contributed by atoms with Gasteiger partial charge < -0.3 is 14.5 Å². The van der Waals surface area contributed by atoms with Crippen molar-refractivity contribution in [2.45, 2.75) is 33.4 Å². The molecule has 108 valence electrons. The van der Waals surface area contributed by atoms with Crippen LogP contribution in [0.3, 0.4) is 0 Å². The van der Waals surface area contributed by atoms with Gasteiger partial charge in [-0.05, 0) is 49.7 Å². The molecule has 0 amide bonds. The van der Waals surface area contributed by atoms with Crippen molar-refractivity contribution >= 4 is 11.6 Å². The van der Waals surface area contributed by atoms with E-state index in [1.165, 1.54) is 0 Å². The monoisotopic (exact) mass is 293 g/mol. The quantitative estimate of drug-likeness (QED) is 0.772. The first-order valence-corrected chi connectivity index (χ1v) is 7.24. The Bertz CT molecular complexity index is 551. The molecule has 20 heavy (non-hydrogen) atoms. The molecule has 2 rings (SSSR count). The molecule has 2 aromatic rings. The van der Waals surface area contributed by atoms with Gasteiger partial charge >= 0.3 is 0 Å². The summed E-state index contributed by atoms with van der Waals surface area (Å²) in [7, 11) is 0. The Balaban J connectivity index is 1.87. The molecule has 0 unspecified atom stereocenters. The van der Waals surface area contributed by atoms with Crippen LogP contribution in [0, 0.1) is 6.92 Å². The number of hydrogen-bond acceptors (Lipinski definition) is 3. The number of aryl methyl sites for hydroxylation is 1. The van der Waals surface area contributed by atoms with Gasteiger partial charge in [-0.25, -0.2) is 0 Å². The number of hydrogen-bond donors (Lipinski definition) is 1. The molecule has 4 heteroatoms. The molecule has 0 aliphatic heterocycles. The van der Waals surface area contributed by atoms with E-state index in [4.69, 9.17) is 20.8 Å². The lowest BCUT2D eigenvalue weighted by Crippen LogP contribution is -2.13. The Morgan fingerprint density at radius 3 is 2.75 bits per heavy atom. The smallest absolute Gasteiger partial charge is 0.146 e. The van der Waals surface area contributed by atoms with E-state index in [2.05, 4.69) is 12.2 Å². The first-order chi connectivity index (χ1) is 9.69. The standard InChI is InChI=1S/C16H20ClNO2/c1-3-8-18-10-13-5-6-14(20-13)11-19-16-7-4-12(2)9-15(16)17/h4-7,9,18H,3,8,10-11H2,1-2H3. The molecule has 1 aromatic heterocycles. The van der Waals surface area contributed by atoms with Gasteiger partial charge in [-0.1, -0.05) is 24.6 Å². The summed E-state index contributed by atoms with van der Waals surface area (Å²) in [6, 6.07) is 9.65. The topological polar surface area (TPSA) is 34.4 Å². The maximum atomic E-state index is 6.12. The number of rotatable bonds is 7. The number of benzene rings is 1. The highest BCUT2D eigenvalue weighted by Crippen LogP contribution is 2.26. The van der Waals surface area contributed by atoms with E-state index in [1.54, 1.807) is 0 Å². The number of halogens is 1. The predicted octanol–water partition coefficient (Wildman–Crippen LogP) is 4.32. The van der Waals surface area contributed by atoms with Crippen LogP contribution in [0.25, 0.3) is 0 Å². The van der Waals surface area contributed by atoms with E-state index in [9.17, 15) is 0 Å². The molecular weight excluding hydrogens is 274 g/mol. The normalized spacial score (nSPS) is 10.8. The van der Waals surface area contributed by atoms with Crippen molar-refractivity contribution in [2.75, 3.05) is 6.54 Å². The van der Waals surface area contributed by atoms with Crippen LogP contribution in [0.4, 0.5) is 0 Å². The summed E-state index contributed by atoms with van der Waals surface area (Å²) in [5, 5.41) is 3.92. The average Bonchev–Trinajstić information content (AvgIpc) is 2.86. The second kappa shape index (κ2) is 7.36. The fraction of sp³-hybridized carbons (Fsp3) is 0.375. The summed E-state index contributed by atoms with van der Waals surface area (Å²) in [6.07, 6.45) is 1.11. The molecule has 0 radical (unpaired) electrons. The first kappa shape index (κ1) is 14.9. The molecule has 0 atom stereocenters. The van der Waals surface area contributed by atoms with E-state index in [-0.39, 0.29) is 0 Å². The highest BCUT2D eigenvalue weighted by Gasteiger charge is 2.05. The number of furan rings is 1. The van der Waals surface area contributed by atoms with Crippen LogP contribution in [0.2, 0.25) is 5.02 Å². The van der Waals surface area contributed by atoms with Gasteiger partial charge in [-0.15, -0.1) is 0 Å². The van der Waals surface area contributed by atoms with Gasteiger partial charge in [0.15, 0.2) is 0 Å². The van der Waals surface area contributed by atoms with Crippen molar-refractivity contribution in [3.05, 3.63) is 52.4 Å². The van der Waals surface area contributed by atoms with Crippen LogP contribution in [0.1, 0.15) is 30.4 Å². The Morgan fingerprint density at radius 1 is 1.20 bits per heavy atom. The highest BCUT2D eigenvalue weighted by atomic mass is 35.5. The zero-order chi connectivity index (χ0) is 14.4. The largest absolute Gasteiger partial charge is 0.484 e. The first-order valence-electron chi connectivity index (χ1n) is 6.86. The minimum Gasteiger partial charge on any atom is -0.484 e. The molecule has 0 aliphatic carbocycles. The Hall–Kier alpha value is -1.45. The molecular formula is C16H20ClNO2. The molecule has 1 heterocycles. The molecule has 1 aromatic carbocycles. The van der Waals surface area contributed by atoms with Crippen molar-refractivity contribution in [1.82, 2.24) is 5.32 Å². The van der Waals surface area contributed by atoms with Gasteiger partial charge in [0.25, 0.3) is 0 Å². The number of nitrogens with one attached hydrogen (secondary N) is 1. The summed E-state index contributed by atoms with van der Waals surface area (Å²) in [5.41, 5.74) is 1.12. The van der Waals surface area contributed by atoms with Crippen molar-refractivity contribution in [2.24, 2.45) is 0 Å². The van der Waals surface area contributed by atoms with Crippen molar-refractivity contribution in [3.8, 4) is 5.75 Å². The SMILES string of the molecule is CCCNCc1ccc(COc2ccc(C)cc2Cl)o1. The molecule has 3 nitrogen and oxygen atoms in total. The Labute approximate surface area is 124 Å². The third kappa shape index (κ3) is 4.29. The fourth-order valence-electron chi connectivity index (χ4n) is 1.86. The summed E-state index contributed by atoms with van der Waals surface area (Å²) in [4.78, 5) is 0. The third-order valence-electron chi connectivity index (χ3n) is 2.90. The third-order valence-corrected chi connectivity index (χ3v) is 3.20. The zero-order valence-electron chi connectivity index (χ0n) is 11.9. The van der Waals surface area contributed by atoms with Crippen molar-refractivity contribution in [1.29, 1.82) is 0 Å². The van der Waals surface area contributed by atoms with Crippen LogP contribution in [-0.4, -0.2) is 6.54 Å². The van der Waals surface area contributed by atoms with Gasteiger partial charge in [-0.2, -0.15) is 0 Å². The Morgan fingerprint density at radius 2 is 2.00 bits per heavy atom. The van der Waals surface area contributed by atoms with Crippen molar-refractivity contribution < 1.29 is 9.15 Å². The van der Waals surface area contributed by atoms with Crippen LogP contribution in [0.15, 0.2) is 34.7 Å². The van der Waals surface area contributed by atoms with E-state index in [0.29, 0.717) is 17.4 Å².